The summed E-state index contributed by atoms with van der Waals surface area (Å²) in [5.74, 6) is -0.0250. The van der Waals surface area contributed by atoms with Crippen molar-refractivity contribution in [3.8, 4) is 0 Å². The van der Waals surface area contributed by atoms with E-state index in [0.717, 1.165) is 5.56 Å². The summed E-state index contributed by atoms with van der Waals surface area (Å²) in [7, 11) is 1.61. The van der Waals surface area contributed by atoms with Gasteiger partial charge in [0.2, 0.25) is 5.91 Å². The summed E-state index contributed by atoms with van der Waals surface area (Å²) in [5, 5.41) is 5.90. The Bertz CT molecular complexity index is 330. The number of aromatic nitrogens is 1. The molecule has 0 aliphatic carbocycles. The summed E-state index contributed by atoms with van der Waals surface area (Å²) in [6.45, 7) is 3.39. The highest BCUT2D eigenvalue weighted by Gasteiger charge is 2.06. The Kier molecular flexibility index (Phi) is 6.21. The van der Waals surface area contributed by atoms with E-state index in [-0.39, 0.29) is 11.9 Å². The molecule has 0 bridgehead atoms. The third-order valence-electron chi connectivity index (χ3n) is 2.40. The molecule has 1 rings (SSSR count). The van der Waals surface area contributed by atoms with E-state index in [1.165, 1.54) is 0 Å². The molecule has 2 N–H and O–H groups in total. The molecule has 0 saturated carbocycles. The standard InChI is InChI=1S/C12H19N3O2/c1-10(11-3-5-13-6-4-11)15-9-12(16)14-7-8-17-2/h3-6,10,15H,7-9H2,1-2H3,(H,14,16). The summed E-state index contributed by atoms with van der Waals surface area (Å²) in [6.07, 6.45) is 3.48. The number of ether oxygens (including phenoxy) is 1. The number of rotatable bonds is 7. The van der Waals surface area contributed by atoms with Crippen molar-refractivity contribution in [2.75, 3.05) is 26.8 Å². The van der Waals surface area contributed by atoms with E-state index in [2.05, 4.69) is 15.6 Å². The van der Waals surface area contributed by atoms with Gasteiger partial charge in [0.05, 0.1) is 13.2 Å². The molecule has 1 unspecified atom stereocenters. The van der Waals surface area contributed by atoms with Crippen molar-refractivity contribution in [3.05, 3.63) is 30.1 Å². The first-order chi connectivity index (χ1) is 8.24. The summed E-state index contributed by atoms with van der Waals surface area (Å²) < 4.78 is 4.85. The van der Waals surface area contributed by atoms with Gasteiger partial charge >= 0.3 is 0 Å². The molecule has 0 aliphatic heterocycles. The molecule has 1 amide bonds. The zero-order chi connectivity index (χ0) is 12.5. The van der Waals surface area contributed by atoms with E-state index in [9.17, 15) is 4.79 Å². The van der Waals surface area contributed by atoms with Crippen LogP contribution in [-0.2, 0) is 9.53 Å². The SMILES string of the molecule is COCCNC(=O)CNC(C)c1ccncc1. The lowest BCUT2D eigenvalue weighted by Crippen LogP contribution is -2.36. The minimum atomic E-state index is -0.0250. The minimum absolute atomic E-state index is 0.0250. The van der Waals surface area contributed by atoms with Crippen LogP contribution in [0.2, 0.25) is 0 Å². The van der Waals surface area contributed by atoms with E-state index in [1.54, 1.807) is 19.5 Å². The summed E-state index contributed by atoms with van der Waals surface area (Å²) in [4.78, 5) is 15.4. The number of amides is 1. The van der Waals surface area contributed by atoms with Gasteiger partial charge in [-0.1, -0.05) is 0 Å². The molecule has 17 heavy (non-hydrogen) atoms. The molecule has 94 valence electrons. The highest BCUT2D eigenvalue weighted by molar-refractivity contribution is 5.78. The van der Waals surface area contributed by atoms with Gasteiger partial charge in [-0.25, -0.2) is 0 Å². The van der Waals surface area contributed by atoms with Crippen LogP contribution in [0.1, 0.15) is 18.5 Å². The maximum absolute atomic E-state index is 11.4. The second kappa shape index (κ2) is 7.76. The number of carbonyl (C=O) groups excluding carboxylic acids is 1. The molecular weight excluding hydrogens is 218 g/mol. The molecule has 5 nitrogen and oxygen atoms in total. The number of hydrogen-bond donors (Lipinski definition) is 2. The fraction of sp³-hybridized carbons (Fsp3) is 0.500. The third-order valence-corrected chi connectivity index (χ3v) is 2.40. The molecule has 1 heterocycles. The number of nitrogens with one attached hydrogen (secondary N) is 2. The number of nitrogens with zero attached hydrogens (tertiary/aromatic N) is 1. The maximum Gasteiger partial charge on any atom is 0.234 e. The first-order valence-electron chi connectivity index (χ1n) is 5.63. The lowest BCUT2D eigenvalue weighted by atomic mass is 10.1. The molecule has 0 aromatic carbocycles. The highest BCUT2D eigenvalue weighted by atomic mass is 16.5. The zero-order valence-corrected chi connectivity index (χ0v) is 10.3. The normalized spacial score (nSPS) is 12.1. The molecule has 5 heteroatoms. The quantitative estimate of drug-likeness (QED) is 0.678. The van der Waals surface area contributed by atoms with Crippen LogP contribution in [0.25, 0.3) is 0 Å². The summed E-state index contributed by atoms with van der Waals surface area (Å²) >= 11 is 0. The van der Waals surface area contributed by atoms with Gasteiger partial charge in [-0.3, -0.25) is 9.78 Å². The largest absolute Gasteiger partial charge is 0.383 e. The van der Waals surface area contributed by atoms with Crippen LogP contribution >= 0.6 is 0 Å². The number of methoxy groups -OCH3 is 1. The molecule has 0 spiro atoms. The summed E-state index contributed by atoms with van der Waals surface area (Å²) in [5.41, 5.74) is 1.12. The number of carbonyl (C=O) groups is 1. The van der Waals surface area contributed by atoms with E-state index in [1.807, 2.05) is 19.1 Å². The monoisotopic (exact) mass is 237 g/mol. The molecule has 0 fully saturated rings. The smallest absolute Gasteiger partial charge is 0.234 e. The van der Waals surface area contributed by atoms with Crippen LogP contribution in [0.4, 0.5) is 0 Å². The maximum atomic E-state index is 11.4. The Morgan fingerprint density at radius 1 is 1.47 bits per heavy atom. The van der Waals surface area contributed by atoms with E-state index in [0.29, 0.717) is 19.7 Å². The van der Waals surface area contributed by atoms with Crippen molar-refractivity contribution in [1.29, 1.82) is 0 Å². The van der Waals surface area contributed by atoms with Gasteiger partial charge < -0.3 is 15.4 Å². The lowest BCUT2D eigenvalue weighted by Gasteiger charge is -2.13. The zero-order valence-electron chi connectivity index (χ0n) is 10.3. The fourth-order valence-electron chi connectivity index (χ4n) is 1.37. The lowest BCUT2D eigenvalue weighted by molar-refractivity contribution is -0.120. The molecule has 0 saturated heterocycles. The van der Waals surface area contributed by atoms with Crippen LogP contribution < -0.4 is 10.6 Å². The number of pyridine rings is 1. The van der Waals surface area contributed by atoms with Crippen LogP contribution in [0.5, 0.6) is 0 Å². The van der Waals surface area contributed by atoms with Gasteiger partial charge in [-0.05, 0) is 24.6 Å². The fourth-order valence-corrected chi connectivity index (χ4v) is 1.37. The second-order valence-corrected chi connectivity index (χ2v) is 3.73. The molecule has 1 aromatic rings. The predicted octanol–water partition coefficient (Wildman–Crippen LogP) is 0.495. The van der Waals surface area contributed by atoms with Crippen molar-refractivity contribution in [2.24, 2.45) is 0 Å². The Morgan fingerprint density at radius 3 is 2.82 bits per heavy atom. The average Bonchev–Trinajstić information content (AvgIpc) is 2.37. The van der Waals surface area contributed by atoms with Crippen molar-refractivity contribution in [2.45, 2.75) is 13.0 Å². The Balaban J connectivity index is 2.24. The third kappa shape index (κ3) is 5.42. The molecular formula is C12H19N3O2. The van der Waals surface area contributed by atoms with Crippen LogP contribution in [0.3, 0.4) is 0 Å². The van der Waals surface area contributed by atoms with Crippen molar-refractivity contribution < 1.29 is 9.53 Å². The van der Waals surface area contributed by atoms with E-state index < -0.39 is 0 Å². The highest BCUT2D eigenvalue weighted by Crippen LogP contribution is 2.09. The van der Waals surface area contributed by atoms with Gasteiger partial charge in [0.25, 0.3) is 0 Å². The van der Waals surface area contributed by atoms with Gasteiger partial charge in [0.15, 0.2) is 0 Å². The molecule has 0 aliphatic rings. The molecule has 0 radical (unpaired) electrons. The van der Waals surface area contributed by atoms with E-state index >= 15 is 0 Å². The van der Waals surface area contributed by atoms with Gasteiger partial charge in [0.1, 0.15) is 0 Å². The first-order valence-corrected chi connectivity index (χ1v) is 5.63. The summed E-state index contributed by atoms with van der Waals surface area (Å²) in [6, 6.07) is 3.99. The van der Waals surface area contributed by atoms with Crippen molar-refractivity contribution >= 4 is 5.91 Å². The first kappa shape index (κ1) is 13.6. The van der Waals surface area contributed by atoms with Gasteiger partial charge in [0, 0.05) is 32.1 Å². The Hall–Kier alpha value is -1.46. The van der Waals surface area contributed by atoms with Gasteiger partial charge in [-0.2, -0.15) is 0 Å². The van der Waals surface area contributed by atoms with E-state index in [4.69, 9.17) is 4.74 Å². The van der Waals surface area contributed by atoms with Crippen LogP contribution in [0.15, 0.2) is 24.5 Å². The number of hydrogen-bond acceptors (Lipinski definition) is 4. The van der Waals surface area contributed by atoms with Crippen molar-refractivity contribution in [1.82, 2.24) is 15.6 Å². The van der Waals surface area contributed by atoms with Crippen molar-refractivity contribution in [3.63, 3.8) is 0 Å². The molecule has 1 aromatic heterocycles. The average molecular weight is 237 g/mol. The minimum Gasteiger partial charge on any atom is -0.383 e. The topological polar surface area (TPSA) is 63.2 Å². The van der Waals surface area contributed by atoms with Gasteiger partial charge in [-0.15, -0.1) is 0 Å². The Labute approximate surface area is 102 Å². The van der Waals surface area contributed by atoms with Crippen LogP contribution in [0, 0.1) is 0 Å². The molecule has 1 atom stereocenters. The predicted molar refractivity (Wildman–Crippen MR) is 65.5 cm³/mol. The van der Waals surface area contributed by atoms with Crippen LogP contribution in [-0.4, -0.2) is 37.7 Å². The second-order valence-electron chi connectivity index (χ2n) is 3.73. The Morgan fingerprint density at radius 2 is 2.18 bits per heavy atom.